The Morgan fingerprint density at radius 3 is 2.27 bits per heavy atom. The van der Waals surface area contributed by atoms with Crippen LogP contribution in [0.5, 0.6) is 0 Å². The number of rotatable bonds is 2. The zero-order valence-corrected chi connectivity index (χ0v) is 6.87. The number of hydrogen-bond acceptors (Lipinski definition) is 2. The van der Waals surface area contributed by atoms with Crippen LogP contribution in [0.2, 0.25) is 0 Å². The molecule has 60 valence electrons. The van der Waals surface area contributed by atoms with Crippen LogP contribution in [0, 0.1) is 0 Å². The van der Waals surface area contributed by atoms with Crippen molar-refractivity contribution in [3.05, 3.63) is 29.8 Å². The van der Waals surface area contributed by atoms with Gasteiger partial charge in [-0.05, 0) is 24.6 Å². The van der Waals surface area contributed by atoms with Gasteiger partial charge in [0.1, 0.15) is 0 Å². The summed E-state index contributed by atoms with van der Waals surface area (Å²) in [4.78, 5) is 0. The maximum Gasteiger partial charge on any atom is 0.0793 e. The minimum atomic E-state index is 0.149. The predicted molar refractivity (Wildman–Crippen MR) is 46.3 cm³/mol. The highest BCUT2D eigenvalue weighted by atomic mass is 16.5. The summed E-state index contributed by atoms with van der Waals surface area (Å²) >= 11 is 0. The molecule has 1 aromatic carbocycles. The SMILES string of the molecule is COC(C)c1ccc(N)cc1. The fraction of sp³-hybridized carbons (Fsp3) is 0.333. The number of hydrogen-bond donors (Lipinski definition) is 1. The van der Waals surface area contributed by atoms with E-state index in [2.05, 4.69) is 0 Å². The molecule has 0 saturated heterocycles. The van der Waals surface area contributed by atoms with Crippen LogP contribution >= 0.6 is 0 Å². The summed E-state index contributed by atoms with van der Waals surface area (Å²) in [6, 6.07) is 7.71. The first kappa shape index (κ1) is 8.08. The van der Waals surface area contributed by atoms with E-state index in [-0.39, 0.29) is 6.10 Å². The molecule has 1 rings (SSSR count). The zero-order valence-electron chi connectivity index (χ0n) is 6.87. The Kier molecular flexibility index (Phi) is 2.49. The fourth-order valence-corrected chi connectivity index (χ4v) is 0.903. The van der Waals surface area contributed by atoms with Crippen LogP contribution < -0.4 is 5.73 Å². The van der Waals surface area contributed by atoms with Crippen molar-refractivity contribution < 1.29 is 4.74 Å². The molecule has 2 heteroatoms. The third kappa shape index (κ3) is 1.95. The molecule has 0 heterocycles. The first-order chi connectivity index (χ1) is 5.24. The van der Waals surface area contributed by atoms with Gasteiger partial charge in [-0.3, -0.25) is 0 Å². The lowest BCUT2D eigenvalue weighted by Crippen LogP contribution is -1.95. The Balaban J connectivity index is 2.81. The van der Waals surface area contributed by atoms with Crippen LogP contribution in [0.3, 0.4) is 0 Å². The van der Waals surface area contributed by atoms with Gasteiger partial charge in [0.2, 0.25) is 0 Å². The molecule has 0 spiro atoms. The summed E-state index contributed by atoms with van der Waals surface area (Å²) in [5.74, 6) is 0. The molecule has 1 aromatic rings. The van der Waals surface area contributed by atoms with Crippen molar-refractivity contribution in [2.75, 3.05) is 12.8 Å². The van der Waals surface area contributed by atoms with E-state index in [9.17, 15) is 0 Å². The van der Waals surface area contributed by atoms with Gasteiger partial charge < -0.3 is 10.5 Å². The number of methoxy groups -OCH3 is 1. The van der Waals surface area contributed by atoms with Gasteiger partial charge in [-0.15, -0.1) is 0 Å². The molecular formula is C9H13NO. The number of benzene rings is 1. The molecule has 11 heavy (non-hydrogen) atoms. The Labute approximate surface area is 67.0 Å². The van der Waals surface area contributed by atoms with Gasteiger partial charge in [0.15, 0.2) is 0 Å². The van der Waals surface area contributed by atoms with Gasteiger partial charge in [0.05, 0.1) is 6.10 Å². The highest BCUT2D eigenvalue weighted by Crippen LogP contribution is 2.16. The molecule has 0 aromatic heterocycles. The number of nitrogen functional groups attached to an aromatic ring is 1. The molecule has 0 aliphatic rings. The van der Waals surface area contributed by atoms with Crippen molar-refractivity contribution in [1.82, 2.24) is 0 Å². The second-order valence-electron chi connectivity index (χ2n) is 2.54. The molecule has 2 N–H and O–H groups in total. The van der Waals surface area contributed by atoms with Crippen molar-refractivity contribution in [3.63, 3.8) is 0 Å². The maximum absolute atomic E-state index is 5.53. The van der Waals surface area contributed by atoms with Gasteiger partial charge in [-0.2, -0.15) is 0 Å². The van der Waals surface area contributed by atoms with E-state index in [0.29, 0.717) is 0 Å². The Hall–Kier alpha value is -1.02. The van der Waals surface area contributed by atoms with Gasteiger partial charge in [0.25, 0.3) is 0 Å². The summed E-state index contributed by atoms with van der Waals surface area (Å²) in [6.07, 6.45) is 0.149. The Morgan fingerprint density at radius 1 is 1.27 bits per heavy atom. The van der Waals surface area contributed by atoms with Gasteiger partial charge >= 0.3 is 0 Å². The number of nitrogens with two attached hydrogens (primary N) is 1. The third-order valence-electron chi connectivity index (χ3n) is 1.76. The summed E-state index contributed by atoms with van der Waals surface area (Å²) in [5, 5.41) is 0. The van der Waals surface area contributed by atoms with E-state index in [1.165, 1.54) is 0 Å². The van der Waals surface area contributed by atoms with Gasteiger partial charge in [-0.1, -0.05) is 12.1 Å². The standard InChI is InChI=1S/C9H13NO/c1-7(11-2)8-3-5-9(10)6-4-8/h3-7H,10H2,1-2H3. The molecule has 0 radical (unpaired) electrons. The van der Waals surface area contributed by atoms with Crippen LogP contribution in [0.15, 0.2) is 24.3 Å². The van der Waals surface area contributed by atoms with Crippen molar-refractivity contribution in [2.24, 2.45) is 0 Å². The smallest absolute Gasteiger partial charge is 0.0793 e. The van der Waals surface area contributed by atoms with E-state index in [4.69, 9.17) is 10.5 Å². The quantitative estimate of drug-likeness (QED) is 0.656. The lowest BCUT2D eigenvalue weighted by atomic mass is 10.1. The minimum Gasteiger partial charge on any atom is -0.399 e. The summed E-state index contributed by atoms with van der Waals surface area (Å²) in [5.41, 5.74) is 7.47. The molecule has 0 amide bonds. The first-order valence-corrected chi connectivity index (χ1v) is 3.62. The van der Waals surface area contributed by atoms with Crippen molar-refractivity contribution >= 4 is 5.69 Å². The monoisotopic (exact) mass is 151 g/mol. The van der Waals surface area contributed by atoms with Gasteiger partial charge in [-0.25, -0.2) is 0 Å². The van der Waals surface area contributed by atoms with Crippen molar-refractivity contribution in [2.45, 2.75) is 13.0 Å². The molecule has 0 bridgehead atoms. The van der Waals surface area contributed by atoms with Crippen LogP contribution in [0.4, 0.5) is 5.69 Å². The average Bonchev–Trinajstić information content (AvgIpc) is 2.05. The number of anilines is 1. The van der Waals surface area contributed by atoms with E-state index in [1.807, 2.05) is 31.2 Å². The Morgan fingerprint density at radius 2 is 1.82 bits per heavy atom. The van der Waals surface area contributed by atoms with E-state index in [0.717, 1.165) is 11.3 Å². The molecule has 1 atom stereocenters. The normalized spacial score (nSPS) is 12.9. The molecule has 0 aliphatic heterocycles. The molecule has 1 unspecified atom stereocenters. The number of ether oxygens (including phenoxy) is 1. The van der Waals surface area contributed by atoms with Crippen LogP contribution in [0.1, 0.15) is 18.6 Å². The largest absolute Gasteiger partial charge is 0.399 e. The highest BCUT2D eigenvalue weighted by Gasteiger charge is 2.00. The third-order valence-corrected chi connectivity index (χ3v) is 1.76. The predicted octanol–water partition coefficient (Wildman–Crippen LogP) is 1.98. The lowest BCUT2D eigenvalue weighted by Gasteiger charge is -2.08. The Bertz CT molecular complexity index is 218. The average molecular weight is 151 g/mol. The zero-order chi connectivity index (χ0) is 8.27. The lowest BCUT2D eigenvalue weighted by molar-refractivity contribution is 0.119. The van der Waals surface area contributed by atoms with Gasteiger partial charge in [0, 0.05) is 12.8 Å². The highest BCUT2D eigenvalue weighted by molar-refractivity contribution is 5.39. The molecular weight excluding hydrogens is 138 g/mol. The summed E-state index contributed by atoms with van der Waals surface area (Å²) in [6.45, 7) is 2.01. The first-order valence-electron chi connectivity index (χ1n) is 3.62. The van der Waals surface area contributed by atoms with Crippen molar-refractivity contribution in [3.8, 4) is 0 Å². The molecule has 0 saturated carbocycles. The molecule has 0 aliphatic carbocycles. The summed E-state index contributed by atoms with van der Waals surface area (Å²) in [7, 11) is 1.70. The molecule has 2 nitrogen and oxygen atoms in total. The topological polar surface area (TPSA) is 35.2 Å². The van der Waals surface area contributed by atoms with E-state index in [1.54, 1.807) is 7.11 Å². The van der Waals surface area contributed by atoms with Crippen molar-refractivity contribution in [1.29, 1.82) is 0 Å². The maximum atomic E-state index is 5.53. The second-order valence-corrected chi connectivity index (χ2v) is 2.54. The van der Waals surface area contributed by atoms with Crippen LogP contribution in [-0.2, 0) is 4.74 Å². The van der Waals surface area contributed by atoms with Crippen LogP contribution in [0.25, 0.3) is 0 Å². The van der Waals surface area contributed by atoms with E-state index >= 15 is 0 Å². The minimum absolute atomic E-state index is 0.149. The second kappa shape index (κ2) is 3.39. The molecule has 0 fully saturated rings. The fourth-order valence-electron chi connectivity index (χ4n) is 0.903. The van der Waals surface area contributed by atoms with Crippen LogP contribution in [-0.4, -0.2) is 7.11 Å². The van der Waals surface area contributed by atoms with E-state index < -0.39 is 0 Å². The summed E-state index contributed by atoms with van der Waals surface area (Å²) < 4.78 is 5.14.